The van der Waals surface area contributed by atoms with Crippen LogP contribution in [0.4, 0.5) is 0 Å². The van der Waals surface area contributed by atoms with Crippen LogP contribution in [0.3, 0.4) is 0 Å². The van der Waals surface area contributed by atoms with Crippen LogP contribution in [0.2, 0.25) is 5.15 Å². The largest absolute Gasteiger partial charge is 0.497 e. The van der Waals surface area contributed by atoms with E-state index in [0.29, 0.717) is 11.0 Å². The number of benzene rings is 1. The number of ether oxygens (including phenoxy) is 1. The summed E-state index contributed by atoms with van der Waals surface area (Å²) < 4.78 is 5.19. The van der Waals surface area contributed by atoms with Crippen molar-refractivity contribution >= 4 is 33.2 Å². The van der Waals surface area contributed by atoms with Crippen molar-refractivity contribution in [1.82, 2.24) is 9.97 Å². The highest BCUT2D eigenvalue weighted by molar-refractivity contribution is 7.16. The molecule has 0 saturated carbocycles. The van der Waals surface area contributed by atoms with Gasteiger partial charge in [-0.2, -0.15) is 0 Å². The minimum absolute atomic E-state index is 0.485. The number of aromatic nitrogens is 2. The van der Waals surface area contributed by atoms with E-state index < -0.39 is 0 Å². The summed E-state index contributed by atoms with van der Waals surface area (Å²) in [5.74, 6) is 1.40. The van der Waals surface area contributed by atoms with Gasteiger partial charge in [-0.25, -0.2) is 9.97 Å². The third-order valence-corrected chi connectivity index (χ3v) is 3.70. The Labute approximate surface area is 113 Å². The first kappa shape index (κ1) is 11.4. The summed E-state index contributed by atoms with van der Waals surface area (Å²) in [4.78, 5) is 9.73. The molecule has 0 aliphatic rings. The van der Waals surface area contributed by atoms with Crippen molar-refractivity contribution in [1.29, 1.82) is 0 Å². The van der Waals surface area contributed by atoms with Gasteiger partial charge >= 0.3 is 0 Å². The Balaban J connectivity index is 2.18. The molecular formula is C13H9ClN2OS. The van der Waals surface area contributed by atoms with Crippen molar-refractivity contribution in [2.75, 3.05) is 7.11 Å². The Hall–Kier alpha value is -1.65. The van der Waals surface area contributed by atoms with E-state index in [2.05, 4.69) is 9.97 Å². The molecular weight excluding hydrogens is 268 g/mol. The molecule has 2 aromatic heterocycles. The minimum Gasteiger partial charge on any atom is -0.497 e. The summed E-state index contributed by atoms with van der Waals surface area (Å²) >= 11 is 7.70. The maximum Gasteiger partial charge on any atom is 0.162 e. The maximum absolute atomic E-state index is 6.15. The van der Waals surface area contributed by atoms with Crippen molar-refractivity contribution in [3.05, 3.63) is 40.9 Å². The summed E-state index contributed by atoms with van der Waals surface area (Å²) in [7, 11) is 1.63. The second-order valence-electron chi connectivity index (χ2n) is 3.71. The SMILES string of the molecule is COc1cccc(-c2nc(Cl)c3ccsc3n2)c1. The zero-order valence-electron chi connectivity index (χ0n) is 9.55. The number of nitrogens with zero attached hydrogens (tertiary/aromatic N) is 2. The number of methoxy groups -OCH3 is 1. The predicted molar refractivity (Wildman–Crippen MR) is 74.4 cm³/mol. The van der Waals surface area contributed by atoms with E-state index in [0.717, 1.165) is 21.5 Å². The van der Waals surface area contributed by atoms with Gasteiger partial charge in [0.2, 0.25) is 0 Å². The lowest BCUT2D eigenvalue weighted by atomic mass is 10.2. The molecule has 0 bridgehead atoms. The van der Waals surface area contributed by atoms with Crippen molar-refractivity contribution in [3.8, 4) is 17.1 Å². The van der Waals surface area contributed by atoms with Crippen LogP contribution in [0, 0.1) is 0 Å². The van der Waals surface area contributed by atoms with E-state index in [9.17, 15) is 0 Å². The summed E-state index contributed by atoms with van der Waals surface area (Å²) in [6.07, 6.45) is 0. The molecule has 0 spiro atoms. The molecule has 18 heavy (non-hydrogen) atoms. The predicted octanol–water partition coefficient (Wildman–Crippen LogP) is 4.02. The van der Waals surface area contributed by atoms with Gasteiger partial charge in [0.05, 0.1) is 7.11 Å². The lowest BCUT2D eigenvalue weighted by Gasteiger charge is -2.04. The fourth-order valence-electron chi connectivity index (χ4n) is 1.71. The molecule has 0 amide bonds. The Morgan fingerprint density at radius 2 is 2.11 bits per heavy atom. The van der Waals surface area contributed by atoms with Gasteiger partial charge in [0.15, 0.2) is 5.82 Å². The Morgan fingerprint density at radius 1 is 1.22 bits per heavy atom. The second kappa shape index (κ2) is 4.55. The number of hydrogen-bond donors (Lipinski definition) is 0. The van der Waals surface area contributed by atoms with Crippen molar-refractivity contribution in [2.24, 2.45) is 0 Å². The summed E-state index contributed by atoms with van der Waals surface area (Å²) in [5, 5.41) is 3.34. The maximum atomic E-state index is 6.15. The van der Waals surface area contributed by atoms with E-state index in [1.807, 2.05) is 35.7 Å². The first-order valence-electron chi connectivity index (χ1n) is 5.33. The molecule has 2 heterocycles. The number of thiophene rings is 1. The van der Waals surface area contributed by atoms with E-state index in [1.54, 1.807) is 18.4 Å². The first-order valence-corrected chi connectivity index (χ1v) is 6.59. The van der Waals surface area contributed by atoms with Crippen molar-refractivity contribution in [2.45, 2.75) is 0 Å². The zero-order valence-corrected chi connectivity index (χ0v) is 11.1. The Morgan fingerprint density at radius 3 is 2.94 bits per heavy atom. The lowest BCUT2D eigenvalue weighted by molar-refractivity contribution is 0.415. The summed E-state index contributed by atoms with van der Waals surface area (Å²) in [6, 6.07) is 9.55. The van der Waals surface area contributed by atoms with Crippen LogP contribution in [-0.2, 0) is 0 Å². The summed E-state index contributed by atoms with van der Waals surface area (Å²) in [6.45, 7) is 0. The van der Waals surface area contributed by atoms with Gasteiger partial charge in [0.25, 0.3) is 0 Å². The third kappa shape index (κ3) is 1.94. The average molecular weight is 277 g/mol. The highest BCUT2D eigenvalue weighted by atomic mass is 35.5. The molecule has 5 heteroatoms. The standard InChI is InChI=1S/C13H9ClN2OS/c1-17-9-4-2-3-8(7-9)12-15-11(14)10-5-6-18-13(10)16-12/h2-7H,1H3. The molecule has 0 aliphatic carbocycles. The topological polar surface area (TPSA) is 35.0 Å². The van der Waals surface area contributed by atoms with Crippen LogP contribution in [0.25, 0.3) is 21.6 Å². The number of fused-ring (bicyclic) bond motifs is 1. The minimum atomic E-state index is 0.485. The van der Waals surface area contributed by atoms with E-state index in [4.69, 9.17) is 16.3 Å². The van der Waals surface area contributed by atoms with E-state index >= 15 is 0 Å². The van der Waals surface area contributed by atoms with Gasteiger partial charge in [-0.05, 0) is 23.6 Å². The second-order valence-corrected chi connectivity index (χ2v) is 4.96. The van der Waals surface area contributed by atoms with Gasteiger partial charge in [-0.15, -0.1) is 11.3 Å². The van der Waals surface area contributed by atoms with Crippen LogP contribution < -0.4 is 4.74 Å². The quantitative estimate of drug-likeness (QED) is 0.663. The molecule has 3 nitrogen and oxygen atoms in total. The van der Waals surface area contributed by atoms with Crippen LogP contribution in [-0.4, -0.2) is 17.1 Å². The number of halogens is 1. The highest BCUT2D eigenvalue weighted by Crippen LogP contribution is 2.29. The molecule has 0 radical (unpaired) electrons. The molecule has 0 fully saturated rings. The molecule has 0 saturated heterocycles. The number of hydrogen-bond acceptors (Lipinski definition) is 4. The Bertz CT molecular complexity index is 711. The summed E-state index contributed by atoms with van der Waals surface area (Å²) in [5.41, 5.74) is 0.895. The molecule has 90 valence electrons. The smallest absolute Gasteiger partial charge is 0.162 e. The molecule has 0 aliphatic heterocycles. The molecule has 0 atom stereocenters. The molecule has 3 aromatic rings. The molecule has 0 unspecified atom stereocenters. The number of rotatable bonds is 2. The normalized spacial score (nSPS) is 10.8. The fourth-order valence-corrected chi connectivity index (χ4v) is 2.76. The highest BCUT2D eigenvalue weighted by Gasteiger charge is 2.09. The van der Waals surface area contributed by atoms with Gasteiger partial charge in [0.1, 0.15) is 15.7 Å². The molecule has 3 rings (SSSR count). The van der Waals surface area contributed by atoms with Gasteiger partial charge < -0.3 is 4.74 Å². The van der Waals surface area contributed by atoms with Gasteiger partial charge in [-0.1, -0.05) is 23.7 Å². The first-order chi connectivity index (χ1) is 8.78. The van der Waals surface area contributed by atoms with Crippen LogP contribution >= 0.6 is 22.9 Å². The molecule has 1 aromatic carbocycles. The van der Waals surface area contributed by atoms with Crippen LogP contribution in [0.15, 0.2) is 35.7 Å². The fraction of sp³-hybridized carbons (Fsp3) is 0.0769. The van der Waals surface area contributed by atoms with Crippen LogP contribution in [0.5, 0.6) is 5.75 Å². The Kier molecular flexibility index (Phi) is 2.89. The van der Waals surface area contributed by atoms with E-state index in [1.165, 1.54) is 0 Å². The van der Waals surface area contributed by atoms with Gasteiger partial charge in [-0.3, -0.25) is 0 Å². The third-order valence-electron chi connectivity index (χ3n) is 2.61. The van der Waals surface area contributed by atoms with Crippen molar-refractivity contribution < 1.29 is 4.74 Å². The molecule has 0 N–H and O–H groups in total. The lowest BCUT2D eigenvalue weighted by Crippen LogP contribution is -1.90. The van der Waals surface area contributed by atoms with E-state index in [-0.39, 0.29) is 0 Å². The zero-order chi connectivity index (χ0) is 12.5. The average Bonchev–Trinajstić information content (AvgIpc) is 2.87. The monoisotopic (exact) mass is 276 g/mol. The van der Waals surface area contributed by atoms with Crippen molar-refractivity contribution in [3.63, 3.8) is 0 Å². The van der Waals surface area contributed by atoms with Crippen LogP contribution in [0.1, 0.15) is 0 Å². The van der Waals surface area contributed by atoms with Gasteiger partial charge in [0, 0.05) is 10.9 Å².